The molecule has 0 atom stereocenters. The van der Waals surface area contributed by atoms with E-state index in [1.165, 1.54) is 25.6 Å². The van der Waals surface area contributed by atoms with Crippen LogP contribution in [0.4, 0.5) is 0 Å². The summed E-state index contributed by atoms with van der Waals surface area (Å²) in [6.45, 7) is 0. The van der Waals surface area contributed by atoms with Gasteiger partial charge in [-0.25, -0.2) is 15.0 Å². The highest BCUT2D eigenvalue weighted by Crippen LogP contribution is 2.45. The van der Waals surface area contributed by atoms with Gasteiger partial charge in [0.25, 0.3) is 0 Å². The lowest BCUT2D eigenvalue weighted by atomic mass is 9.95. The molecule has 0 saturated heterocycles. The van der Waals surface area contributed by atoms with Gasteiger partial charge in [0.15, 0.2) is 17.5 Å². The highest BCUT2D eigenvalue weighted by atomic mass is 32.1. The predicted molar refractivity (Wildman–Crippen MR) is 209 cm³/mol. The lowest BCUT2D eigenvalue weighted by Crippen LogP contribution is -2.01. The molecule has 8 aromatic carbocycles. The van der Waals surface area contributed by atoms with Gasteiger partial charge in [-0.05, 0) is 57.3 Å². The van der Waals surface area contributed by atoms with E-state index in [-0.39, 0.29) is 0 Å². The molecule has 0 N–H and O–H groups in total. The molecule has 0 fully saturated rings. The fraction of sp³-hybridized carbons (Fsp3) is 0. The van der Waals surface area contributed by atoms with Crippen molar-refractivity contribution in [1.82, 2.24) is 15.0 Å². The predicted octanol–water partition coefficient (Wildman–Crippen LogP) is 12.6. The third-order valence-electron chi connectivity index (χ3n) is 9.87. The summed E-state index contributed by atoms with van der Waals surface area (Å²) >= 11 is 1.80. The maximum atomic E-state index is 6.90. The molecule has 5 heteroatoms. The van der Waals surface area contributed by atoms with Crippen LogP contribution in [0.2, 0.25) is 0 Å². The zero-order valence-corrected chi connectivity index (χ0v) is 27.4. The molecule has 0 saturated carbocycles. The van der Waals surface area contributed by atoms with E-state index in [1.807, 2.05) is 18.2 Å². The minimum Gasteiger partial charge on any atom is -0.455 e. The Bertz CT molecular complexity index is 3160. The molecule has 0 unspecified atom stereocenters. The van der Waals surface area contributed by atoms with Crippen LogP contribution in [0, 0.1) is 0 Å². The zero-order valence-electron chi connectivity index (χ0n) is 26.6. The normalized spacial score (nSPS) is 12.0. The molecule has 0 spiro atoms. The summed E-state index contributed by atoms with van der Waals surface area (Å²) in [4.78, 5) is 15.7. The Morgan fingerprint density at radius 2 is 1.06 bits per heavy atom. The van der Waals surface area contributed by atoms with E-state index in [9.17, 15) is 0 Å². The van der Waals surface area contributed by atoms with E-state index in [2.05, 4.69) is 133 Å². The topological polar surface area (TPSA) is 51.8 Å². The van der Waals surface area contributed by atoms with E-state index >= 15 is 0 Å². The van der Waals surface area contributed by atoms with Crippen molar-refractivity contribution >= 4 is 85.8 Å². The zero-order chi connectivity index (χ0) is 32.8. The number of furan rings is 1. The van der Waals surface area contributed by atoms with Crippen LogP contribution >= 0.6 is 11.3 Å². The van der Waals surface area contributed by atoms with Crippen LogP contribution < -0.4 is 0 Å². The minimum absolute atomic E-state index is 0.612. The van der Waals surface area contributed by atoms with Gasteiger partial charge in [0, 0.05) is 53.0 Å². The second kappa shape index (κ2) is 10.5. The second-order valence-corrected chi connectivity index (χ2v) is 13.8. The van der Waals surface area contributed by atoms with Crippen molar-refractivity contribution in [2.75, 3.05) is 0 Å². The van der Waals surface area contributed by atoms with Gasteiger partial charge in [-0.3, -0.25) is 0 Å². The van der Waals surface area contributed by atoms with Crippen molar-refractivity contribution in [3.8, 4) is 34.2 Å². The Hall–Kier alpha value is -6.43. The summed E-state index contributed by atoms with van der Waals surface area (Å²) in [5.74, 6) is 1.89. The summed E-state index contributed by atoms with van der Waals surface area (Å²) in [5.41, 5.74) is 4.53. The lowest BCUT2D eigenvalue weighted by molar-refractivity contribution is 0.673. The van der Waals surface area contributed by atoms with Gasteiger partial charge < -0.3 is 4.42 Å². The number of aromatic nitrogens is 3. The van der Waals surface area contributed by atoms with Gasteiger partial charge in [-0.15, -0.1) is 11.3 Å². The fourth-order valence-electron chi connectivity index (χ4n) is 7.59. The first-order valence-corrected chi connectivity index (χ1v) is 17.5. The van der Waals surface area contributed by atoms with Crippen molar-refractivity contribution in [2.24, 2.45) is 0 Å². The van der Waals surface area contributed by atoms with Crippen LogP contribution in [-0.2, 0) is 0 Å². The largest absolute Gasteiger partial charge is 0.455 e. The van der Waals surface area contributed by atoms with Crippen molar-refractivity contribution in [2.45, 2.75) is 0 Å². The number of hydrogen-bond acceptors (Lipinski definition) is 5. The van der Waals surface area contributed by atoms with Crippen LogP contribution in [0.3, 0.4) is 0 Å². The van der Waals surface area contributed by atoms with Gasteiger partial charge in [0.1, 0.15) is 11.2 Å². The Kier molecular flexibility index (Phi) is 5.80. The van der Waals surface area contributed by atoms with E-state index < -0.39 is 0 Å². The second-order valence-electron chi connectivity index (χ2n) is 12.8. The monoisotopic (exact) mass is 655 g/mol. The summed E-state index contributed by atoms with van der Waals surface area (Å²) < 4.78 is 9.35. The Labute approximate surface area is 289 Å². The number of hydrogen-bond donors (Lipinski definition) is 0. The molecule has 0 aliphatic carbocycles. The third kappa shape index (κ3) is 4.08. The van der Waals surface area contributed by atoms with Crippen LogP contribution in [0.5, 0.6) is 0 Å². The van der Waals surface area contributed by atoms with Gasteiger partial charge in [0.05, 0.1) is 0 Å². The first-order valence-electron chi connectivity index (χ1n) is 16.7. The molecular weight excluding hydrogens is 631 g/mol. The molecule has 3 aromatic heterocycles. The molecule has 4 nitrogen and oxygen atoms in total. The molecule has 0 aliphatic rings. The Morgan fingerprint density at radius 1 is 0.400 bits per heavy atom. The number of fused-ring (bicyclic) bond motifs is 11. The van der Waals surface area contributed by atoms with Gasteiger partial charge in [-0.1, -0.05) is 121 Å². The summed E-state index contributed by atoms with van der Waals surface area (Å²) in [7, 11) is 0. The molecule has 0 amide bonds. The van der Waals surface area contributed by atoms with Crippen LogP contribution in [-0.4, -0.2) is 15.0 Å². The van der Waals surface area contributed by atoms with Crippen molar-refractivity contribution in [1.29, 1.82) is 0 Å². The van der Waals surface area contributed by atoms with Crippen molar-refractivity contribution in [3.05, 3.63) is 152 Å². The van der Waals surface area contributed by atoms with Crippen molar-refractivity contribution < 1.29 is 4.42 Å². The molecule has 0 bridgehead atoms. The molecule has 3 heterocycles. The molecule has 11 rings (SSSR count). The van der Waals surface area contributed by atoms with Gasteiger partial charge >= 0.3 is 0 Å². The standard InChI is InChI=1S/C45H25N3OS/c1-2-12-27(13-3-1)43-46-44(33-18-10-20-38-40(33)32-17-8-9-19-37(32)50-38)48-45(47-43)35-24-30-22-21-26-11-6-7-16-31(26)39(30)42-41(35)34-23-28-14-4-5-15-29(28)25-36(34)49-42/h1-25H. The maximum Gasteiger partial charge on any atom is 0.164 e. The number of nitrogens with zero attached hydrogens (tertiary/aromatic N) is 3. The third-order valence-corrected chi connectivity index (χ3v) is 11.0. The smallest absolute Gasteiger partial charge is 0.164 e. The average molecular weight is 656 g/mol. The number of rotatable bonds is 3. The Balaban J connectivity index is 1.29. The quantitative estimate of drug-likeness (QED) is 0.178. The van der Waals surface area contributed by atoms with Crippen molar-refractivity contribution in [3.63, 3.8) is 0 Å². The first kappa shape index (κ1) is 27.5. The highest BCUT2D eigenvalue weighted by Gasteiger charge is 2.23. The highest BCUT2D eigenvalue weighted by molar-refractivity contribution is 7.25. The lowest BCUT2D eigenvalue weighted by Gasteiger charge is -2.12. The van der Waals surface area contributed by atoms with Crippen LogP contribution in [0.25, 0.3) is 109 Å². The molecule has 50 heavy (non-hydrogen) atoms. The minimum atomic E-state index is 0.612. The maximum absolute atomic E-state index is 6.90. The molecule has 11 aromatic rings. The first-order chi connectivity index (χ1) is 24.8. The van der Waals surface area contributed by atoms with Gasteiger partial charge in [0.2, 0.25) is 0 Å². The van der Waals surface area contributed by atoms with Crippen LogP contribution in [0.1, 0.15) is 0 Å². The number of thiophene rings is 1. The molecular formula is C45H25N3OS. The molecule has 0 radical (unpaired) electrons. The fourth-order valence-corrected chi connectivity index (χ4v) is 8.72. The van der Waals surface area contributed by atoms with E-state index in [0.717, 1.165) is 65.6 Å². The average Bonchev–Trinajstić information content (AvgIpc) is 3.75. The van der Waals surface area contributed by atoms with E-state index in [0.29, 0.717) is 17.5 Å². The number of benzene rings is 8. The molecule has 232 valence electrons. The Morgan fingerprint density at radius 3 is 1.92 bits per heavy atom. The van der Waals surface area contributed by atoms with E-state index in [4.69, 9.17) is 19.4 Å². The summed E-state index contributed by atoms with van der Waals surface area (Å²) in [6.07, 6.45) is 0. The van der Waals surface area contributed by atoms with Gasteiger partial charge in [-0.2, -0.15) is 0 Å². The van der Waals surface area contributed by atoms with Crippen LogP contribution in [0.15, 0.2) is 156 Å². The SMILES string of the molecule is c1ccc(-c2nc(-c3cccc4sc5ccccc5c34)nc(-c3cc4ccc5ccccc5c4c4oc5cc6ccccc6cc5c34)n2)cc1. The summed E-state index contributed by atoms with van der Waals surface area (Å²) in [6, 6.07) is 53.1. The molecule has 0 aliphatic heterocycles. The summed E-state index contributed by atoms with van der Waals surface area (Å²) in [5, 5.41) is 11.2. The van der Waals surface area contributed by atoms with E-state index in [1.54, 1.807) is 11.3 Å².